The third kappa shape index (κ3) is 4.57. The number of nitriles is 1. The zero-order chi connectivity index (χ0) is 20.5. The number of nitrogens with one attached hydrogen (secondary N) is 1. The van der Waals surface area contributed by atoms with Gasteiger partial charge in [0.05, 0.1) is 11.5 Å². The Kier molecular flexibility index (Phi) is 6.33. The van der Waals surface area contributed by atoms with Gasteiger partial charge in [0.15, 0.2) is 0 Å². The molecule has 2 aliphatic carbocycles. The molecule has 4 rings (SSSR count). The van der Waals surface area contributed by atoms with Crippen molar-refractivity contribution < 1.29 is 9.18 Å². The number of likely N-dealkylation sites (tertiary alicyclic amines) is 1. The van der Waals surface area contributed by atoms with Gasteiger partial charge in [-0.25, -0.2) is 0 Å². The molecule has 0 unspecified atom stereocenters. The third-order valence-electron chi connectivity index (χ3n) is 7.14. The van der Waals surface area contributed by atoms with Gasteiger partial charge in [0.2, 0.25) is 5.91 Å². The molecule has 7 heteroatoms. The number of hydrogen-bond donors (Lipinski definition) is 1. The van der Waals surface area contributed by atoms with Gasteiger partial charge in [0, 0.05) is 36.3 Å². The van der Waals surface area contributed by atoms with Crippen LogP contribution in [0.15, 0.2) is 24.3 Å². The fourth-order valence-corrected chi connectivity index (χ4v) is 5.56. The van der Waals surface area contributed by atoms with E-state index in [1.807, 2.05) is 12.1 Å². The molecule has 0 bridgehead atoms. The van der Waals surface area contributed by atoms with Crippen LogP contribution >= 0.6 is 11.6 Å². The summed E-state index contributed by atoms with van der Waals surface area (Å²) in [5.74, 6) is 0.137. The summed E-state index contributed by atoms with van der Waals surface area (Å²) in [6.45, 7) is 2.77. The average molecular weight is 674 g/mol. The zero-order valence-corrected chi connectivity index (χ0v) is 20.2. The molecule has 168 valence electrons. The zero-order valence-electron chi connectivity index (χ0n) is 17.0. The summed E-state index contributed by atoms with van der Waals surface area (Å²) in [5.41, 5.74) is 0.668. The van der Waals surface area contributed by atoms with Crippen LogP contribution < -0.4 is 5.32 Å². The first-order chi connectivity index (χ1) is 13.9. The van der Waals surface area contributed by atoms with Crippen LogP contribution in [0.25, 0.3) is 0 Å². The summed E-state index contributed by atoms with van der Waals surface area (Å²) in [5, 5.41) is 13.3. The van der Waals surface area contributed by atoms with E-state index in [1.54, 1.807) is 12.1 Å². The molecule has 1 amide bonds. The predicted octanol–water partition coefficient (Wildman–Crippen LogP) is 5.36. The van der Waals surface area contributed by atoms with Crippen LogP contribution in [0.4, 0.5) is 10.1 Å². The molecule has 1 aromatic carbocycles. The first-order valence-corrected chi connectivity index (χ1v) is 11.0. The number of hydrogen-bond acceptors (Lipinski definition) is 3. The molecular formula is C23H28ClFFmN3O-. The second-order valence-electron chi connectivity index (χ2n) is 9.33. The van der Waals surface area contributed by atoms with Crippen molar-refractivity contribution in [2.24, 2.45) is 16.7 Å². The minimum Gasteiger partial charge on any atom is -0.456 e. The van der Waals surface area contributed by atoms with Crippen molar-refractivity contribution in [1.82, 2.24) is 4.90 Å². The van der Waals surface area contributed by atoms with Crippen LogP contribution in [-0.4, -0.2) is 30.4 Å². The van der Waals surface area contributed by atoms with Crippen molar-refractivity contribution >= 4 is 23.2 Å². The van der Waals surface area contributed by atoms with Crippen LogP contribution in [0, 0.1) is 34.3 Å². The maximum Gasteiger partial charge on any atom is 0.227 e. The molecule has 4 nitrogen and oxygen atoms in total. The number of amides is 1. The number of nitrogens with zero attached hydrogens (tertiary/aromatic N) is 2. The van der Waals surface area contributed by atoms with Gasteiger partial charge < -0.3 is 14.6 Å². The molecule has 3 fully saturated rings. The van der Waals surface area contributed by atoms with Crippen LogP contribution in [-0.2, 0) is 4.79 Å². The molecular weight excluding hydrogens is 646 g/mol. The number of anilines is 1. The maximum atomic E-state index is 13.4. The SMILES string of the molecule is N#CC1(CN2CC3(CCC(C(=O)Nc4cccc(Cl)c4)CC3)C2)CC[C-](F)CC1.[Fm]. The maximum absolute atomic E-state index is 13.4. The van der Waals surface area contributed by atoms with Crippen molar-refractivity contribution in [3.05, 3.63) is 35.5 Å². The van der Waals surface area contributed by atoms with Crippen molar-refractivity contribution in [2.75, 3.05) is 25.0 Å². The van der Waals surface area contributed by atoms with Gasteiger partial charge in [0.25, 0.3) is 0 Å². The van der Waals surface area contributed by atoms with Crippen molar-refractivity contribution in [3.8, 4) is 6.07 Å². The van der Waals surface area contributed by atoms with Gasteiger partial charge in [-0.2, -0.15) is 11.4 Å². The van der Waals surface area contributed by atoms with E-state index in [0.29, 0.717) is 36.1 Å². The van der Waals surface area contributed by atoms with Crippen LogP contribution in [0.5, 0.6) is 0 Å². The summed E-state index contributed by atoms with van der Waals surface area (Å²) in [7, 11) is 0. The van der Waals surface area contributed by atoms with Crippen molar-refractivity contribution in [1.29, 1.82) is 5.26 Å². The smallest absolute Gasteiger partial charge is 0.227 e. The Morgan fingerprint density at radius 2 is 1.93 bits per heavy atom. The van der Waals surface area contributed by atoms with Gasteiger partial charge >= 0.3 is 0 Å². The van der Waals surface area contributed by atoms with Crippen LogP contribution in [0.1, 0.15) is 51.4 Å². The van der Waals surface area contributed by atoms with E-state index in [4.69, 9.17) is 11.6 Å². The van der Waals surface area contributed by atoms with Gasteiger partial charge in [0.1, 0.15) is 0 Å². The Morgan fingerprint density at radius 1 is 1.27 bits per heavy atom. The van der Waals surface area contributed by atoms with Crippen LogP contribution in [0.2, 0.25) is 5.02 Å². The number of carbonyl (C=O) groups is 1. The Labute approximate surface area is 177 Å². The Bertz CT molecular complexity index is 790. The van der Waals surface area contributed by atoms with Gasteiger partial charge in [-0.15, -0.1) is 12.8 Å². The third-order valence-corrected chi connectivity index (χ3v) is 7.38. The van der Waals surface area contributed by atoms with E-state index in [9.17, 15) is 14.4 Å². The van der Waals surface area contributed by atoms with E-state index in [2.05, 4.69) is 16.3 Å². The molecule has 1 saturated heterocycles. The van der Waals surface area contributed by atoms with Crippen LogP contribution in [0.3, 0.4) is 0 Å². The minimum absolute atomic E-state index is 0. The first kappa shape index (κ1) is 22.1. The Morgan fingerprint density at radius 3 is 2.53 bits per heavy atom. The quantitative estimate of drug-likeness (QED) is 0.439. The van der Waals surface area contributed by atoms with E-state index in [0.717, 1.165) is 51.0 Å². The second-order valence-corrected chi connectivity index (χ2v) is 9.76. The fourth-order valence-electron chi connectivity index (χ4n) is 5.37. The van der Waals surface area contributed by atoms with Gasteiger partial charge in [-0.05, 0) is 49.3 Å². The normalized spacial score (nSPS) is 23.8. The second kappa shape index (κ2) is 8.62. The summed E-state index contributed by atoms with van der Waals surface area (Å²) in [6.07, 6.45) is 6.14. The van der Waals surface area contributed by atoms with E-state index in [1.165, 1.54) is 0 Å². The predicted molar refractivity (Wildman–Crippen MR) is 112 cm³/mol. The minimum atomic E-state index is -0.384. The molecule has 0 atom stereocenters. The molecule has 0 radical (unpaired) electrons. The molecule has 30 heavy (non-hydrogen) atoms. The van der Waals surface area contributed by atoms with E-state index >= 15 is 0 Å². The summed E-state index contributed by atoms with van der Waals surface area (Å²) in [6, 6.07) is 9.75. The Hall–Kier alpha value is -2.64. The number of benzene rings is 1. The number of carbonyl (C=O) groups excluding carboxylic acids is 1. The molecule has 1 aromatic rings. The Balaban J connectivity index is 0.00000256. The fraction of sp³-hybridized carbons (Fsp3) is 0.609. The summed E-state index contributed by atoms with van der Waals surface area (Å²) in [4.78, 5) is 15.0. The van der Waals surface area contributed by atoms with Gasteiger partial charge in [-0.3, -0.25) is 4.79 Å². The summed E-state index contributed by atoms with van der Waals surface area (Å²) >= 11 is 5.99. The number of rotatable bonds is 4. The topological polar surface area (TPSA) is 56.1 Å². The molecule has 0 aromatic heterocycles. The van der Waals surface area contributed by atoms with E-state index < -0.39 is 0 Å². The van der Waals surface area contributed by atoms with Crippen molar-refractivity contribution in [3.63, 3.8) is 0 Å². The average Bonchev–Trinajstić information content (AvgIpc) is 2.69. The molecule has 1 aliphatic heterocycles. The molecule has 1 spiro atoms. The van der Waals surface area contributed by atoms with Crippen molar-refractivity contribution in [2.45, 2.75) is 51.4 Å². The molecule has 1 heterocycles. The standard InChI is InChI=1S/C23H28ClFN3O.Fm/c24-18-2-1-3-20(12-18)27-21(29)17-4-8-23(9-5-17)15-28(16-23)14-22(13-26)10-6-19(25)7-11-22;/h1-3,12,17H,4-11,14-16H2,(H,27,29);/q-1;. The summed E-state index contributed by atoms with van der Waals surface area (Å²) < 4.78 is 13.4. The monoisotopic (exact) mass is 673 g/mol. The molecule has 2 saturated carbocycles. The molecule has 3 aliphatic rings. The van der Waals surface area contributed by atoms with E-state index in [-0.39, 0.29) is 23.4 Å². The largest absolute Gasteiger partial charge is 0.456 e. The first-order valence-electron chi connectivity index (χ1n) is 10.6. The molecule has 1 N–H and O–H groups in total. The van der Waals surface area contributed by atoms with Gasteiger partial charge in [-0.1, -0.05) is 30.5 Å². The number of halogens is 2.